The maximum Gasteiger partial charge on any atom is 0.300 e. The third kappa shape index (κ3) is 5.09. The fraction of sp³-hybridized carbons (Fsp3) is 0.429. The van der Waals surface area contributed by atoms with Gasteiger partial charge in [-0.15, -0.1) is 10.2 Å². The van der Waals surface area contributed by atoms with Gasteiger partial charge in [0.2, 0.25) is 5.91 Å². The molecular weight excluding hydrogens is 400 g/mol. The molecule has 0 unspecified atom stereocenters. The molecule has 1 amide bonds. The molecule has 10 heteroatoms. The first kappa shape index (κ1) is 22.4. The van der Waals surface area contributed by atoms with Crippen LogP contribution in [0.1, 0.15) is 37.1 Å². The molecule has 0 saturated heterocycles. The minimum Gasteiger partial charge on any atom is -0.481 e. The van der Waals surface area contributed by atoms with E-state index < -0.39 is 12.0 Å². The first-order chi connectivity index (χ1) is 14.8. The van der Waals surface area contributed by atoms with Gasteiger partial charge in [-0.05, 0) is 25.0 Å². The maximum atomic E-state index is 13.0. The quantitative estimate of drug-likeness (QED) is 0.559. The van der Waals surface area contributed by atoms with Crippen LogP contribution in [0.15, 0.2) is 30.5 Å². The molecule has 0 saturated carbocycles. The molecule has 3 aromatic rings. The Morgan fingerprint density at radius 1 is 1.35 bits per heavy atom. The molecule has 0 aliphatic carbocycles. The normalized spacial score (nSPS) is 16.4. The molecule has 2 aromatic heterocycles. The van der Waals surface area contributed by atoms with Gasteiger partial charge >= 0.3 is 0 Å². The Balaban J connectivity index is 0.000000628. The van der Waals surface area contributed by atoms with Crippen LogP contribution < -0.4 is 5.73 Å². The Hall–Kier alpha value is -3.24. The number of para-hydroxylation sites is 1. The zero-order valence-electron chi connectivity index (χ0n) is 17.9. The van der Waals surface area contributed by atoms with E-state index in [1.54, 1.807) is 12.0 Å². The predicted molar refractivity (Wildman–Crippen MR) is 114 cm³/mol. The summed E-state index contributed by atoms with van der Waals surface area (Å²) in [5, 5.41) is 16.9. The van der Waals surface area contributed by atoms with Crippen molar-refractivity contribution in [2.45, 2.75) is 45.5 Å². The van der Waals surface area contributed by atoms with E-state index in [1.165, 1.54) is 0 Å². The number of nitrogens with zero attached hydrogens (tertiary/aromatic N) is 4. The number of carboxylic acid groups (broad SMARTS) is 1. The highest BCUT2D eigenvalue weighted by atomic mass is 16.5. The smallest absolute Gasteiger partial charge is 0.300 e. The number of aromatic nitrogens is 4. The number of ether oxygens (including phenoxy) is 1. The van der Waals surface area contributed by atoms with Crippen molar-refractivity contribution in [1.29, 1.82) is 0 Å². The molecule has 10 nitrogen and oxygen atoms in total. The Labute approximate surface area is 180 Å². The van der Waals surface area contributed by atoms with Crippen molar-refractivity contribution >= 4 is 22.8 Å². The molecule has 0 spiro atoms. The molecule has 4 N–H and O–H groups in total. The molecule has 3 heterocycles. The van der Waals surface area contributed by atoms with Crippen LogP contribution in [0, 0.1) is 0 Å². The highest BCUT2D eigenvalue weighted by Gasteiger charge is 2.31. The number of nitrogens with one attached hydrogen (secondary N) is 1. The largest absolute Gasteiger partial charge is 0.481 e. The standard InChI is InChI=1S/C19H24N6O2.C2H4O2/c1-12-9-24(10-17-22-23-18(11-27-2)25(12)17)19(26)15(20)7-13-8-21-16-6-4-3-5-14(13)16;1-2(3)4/h3-6,8,12,15,21H,7,9-11,20H2,1-2H3;1H3,(H,3,4)/t12-,15+;/m0./s1. The summed E-state index contributed by atoms with van der Waals surface area (Å²) in [7, 11) is 1.63. The number of amides is 1. The monoisotopic (exact) mass is 428 g/mol. The summed E-state index contributed by atoms with van der Waals surface area (Å²) in [5.41, 5.74) is 8.39. The molecule has 166 valence electrons. The number of nitrogens with two attached hydrogens (primary N) is 1. The number of rotatable bonds is 5. The summed E-state index contributed by atoms with van der Waals surface area (Å²) in [6.07, 6.45) is 2.43. The van der Waals surface area contributed by atoms with Gasteiger partial charge in [0.1, 0.15) is 6.61 Å². The fourth-order valence-electron chi connectivity index (χ4n) is 3.87. The minimum atomic E-state index is -0.833. The number of hydrogen-bond donors (Lipinski definition) is 3. The molecule has 0 bridgehead atoms. The van der Waals surface area contributed by atoms with Gasteiger partial charge in [-0.25, -0.2) is 0 Å². The number of carboxylic acids is 1. The van der Waals surface area contributed by atoms with Crippen molar-refractivity contribution in [3.63, 3.8) is 0 Å². The zero-order valence-corrected chi connectivity index (χ0v) is 17.9. The third-order valence-corrected chi connectivity index (χ3v) is 5.11. The number of aliphatic carboxylic acids is 1. The Morgan fingerprint density at radius 3 is 2.77 bits per heavy atom. The molecule has 0 fully saturated rings. The van der Waals surface area contributed by atoms with E-state index in [2.05, 4.69) is 26.7 Å². The van der Waals surface area contributed by atoms with E-state index >= 15 is 0 Å². The van der Waals surface area contributed by atoms with E-state index in [9.17, 15) is 4.79 Å². The second kappa shape index (κ2) is 9.71. The van der Waals surface area contributed by atoms with Gasteiger partial charge in [0.15, 0.2) is 11.6 Å². The van der Waals surface area contributed by atoms with Gasteiger partial charge in [-0.2, -0.15) is 0 Å². The van der Waals surface area contributed by atoms with E-state index in [4.69, 9.17) is 20.4 Å². The number of hydrogen-bond acceptors (Lipinski definition) is 6. The lowest BCUT2D eigenvalue weighted by atomic mass is 10.0. The lowest BCUT2D eigenvalue weighted by Gasteiger charge is -2.34. The first-order valence-electron chi connectivity index (χ1n) is 10.0. The number of methoxy groups -OCH3 is 1. The number of H-pyrrole nitrogens is 1. The number of fused-ring (bicyclic) bond motifs is 2. The summed E-state index contributed by atoms with van der Waals surface area (Å²) in [6, 6.07) is 7.52. The molecule has 0 radical (unpaired) electrons. The van der Waals surface area contributed by atoms with Crippen LogP contribution in [0.5, 0.6) is 0 Å². The van der Waals surface area contributed by atoms with Crippen molar-refractivity contribution in [2.24, 2.45) is 5.73 Å². The van der Waals surface area contributed by atoms with E-state index in [-0.39, 0.29) is 11.9 Å². The number of carbonyl (C=O) groups is 2. The van der Waals surface area contributed by atoms with Crippen molar-refractivity contribution in [1.82, 2.24) is 24.6 Å². The van der Waals surface area contributed by atoms with Crippen LogP contribution >= 0.6 is 0 Å². The molecule has 31 heavy (non-hydrogen) atoms. The minimum absolute atomic E-state index is 0.0605. The summed E-state index contributed by atoms with van der Waals surface area (Å²) in [6.45, 7) is 4.55. The summed E-state index contributed by atoms with van der Waals surface area (Å²) >= 11 is 0. The van der Waals surface area contributed by atoms with Crippen LogP contribution in [-0.4, -0.2) is 61.3 Å². The molecule has 4 rings (SSSR count). The van der Waals surface area contributed by atoms with Crippen molar-refractivity contribution < 1.29 is 19.4 Å². The summed E-state index contributed by atoms with van der Waals surface area (Å²) in [5.74, 6) is 0.665. The maximum absolute atomic E-state index is 13.0. The average Bonchev–Trinajstić information content (AvgIpc) is 3.32. The van der Waals surface area contributed by atoms with Crippen molar-refractivity contribution in [3.05, 3.63) is 47.7 Å². The second-order valence-electron chi connectivity index (χ2n) is 7.59. The van der Waals surface area contributed by atoms with Crippen LogP contribution in [0.25, 0.3) is 10.9 Å². The molecule has 1 aliphatic heterocycles. The second-order valence-corrected chi connectivity index (χ2v) is 7.59. The molecule has 1 aromatic carbocycles. The lowest BCUT2D eigenvalue weighted by Crippen LogP contribution is -2.48. The van der Waals surface area contributed by atoms with Crippen LogP contribution in [0.3, 0.4) is 0 Å². The van der Waals surface area contributed by atoms with Crippen molar-refractivity contribution in [3.8, 4) is 0 Å². The highest BCUT2D eigenvalue weighted by Crippen LogP contribution is 2.23. The number of aromatic amines is 1. The average molecular weight is 428 g/mol. The van der Waals surface area contributed by atoms with E-state index in [0.29, 0.717) is 26.1 Å². The highest BCUT2D eigenvalue weighted by molar-refractivity contribution is 5.86. The number of benzene rings is 1. The molecule has 1 aliphatic rings. The Morgan fingerprint density at radius 2 is 2.06 bits per heavy atom. The topological polar surface area (TPSA) is 139 Å². The zero-order chi connectivity index (χ0) is 22.5. The molecule has 2 atom stereocenters. The van der Waals surface area contributed by atoms with Gasteiger partial charge in [0, 0.05) is 37.7 Å². The van der Waals surface area contributed by atoms with Crippen LogP contribution in [0.2, 0.25) is 0 Å². The lowest BCUT2D eigenvalue weighted by molar-refractivity contribution is -0.135. The van der Waals surface area contributed by atoms with Gasteiger partial charge < -0.3 is 30.0 Å². The van der Waals surface area contributed by atoms with Gasteiger partial charge in [-0.3, -0.25) is 9.59 Å². The fourth-order valence-corrected chi connectivity index (χ4v) is 3.87. The van der Waals surface area contributed by atoms with E-state index in [0.717, 1.165) is 35.0 Å². The van der Waals surface area contributed by atoms with Crippen molar-refractivity contribution in [2.75, 3.05) is 13.7 Å². The van der Waals surface area contributed by atoms with E-state index in [1.807, 2.05) is 30.5 Å². The number of carbonyl (C=O) groups excluding carboxylic acids is 1. The van der Waals surface area contributed by atoms with Gasteiger partial charge in [0.05, 0.1) is 18.6 Å². The van der Waals surface area contributed by atoms with Gasteiger partial charge in [-0.1, -0.05) is 18.2 Å². The summed E-state index contributed by atoms with van der Waals surface area (Å²) in [4.78, 5) is 27.0. The predicted octanol–water partition coefficient (Wildman–Crippen LogP) is 1.47. The third-order valence-electron chi connectivity index (χ3n) is 5.11. The first-order valence-corrected chi connectivity index (χ1v) is 10.0. The Kier molecular flexibility index (Phi) is 7.03. The Bertz CT molecular complexity index is 1060. The van der Waals surface area contributed by atoms with Crippen LogP contribution in [0.4, 0.5) is 0 Å². The SMILES string of the molecule is CC(=O)O.COCc1nnc2n1[C@@H](C)CN(C(=O)[C@H](N)Cc1c[nH]c3ccccc13)C2. The summed E-state index contributed by atoms with van der Waals surface area (Å²) < 4.78 is 7.23. The molecular formula is C21H28N6O4. The van der Waals surface area contributed by atoms with Crippen LogP contribution in [-0.2, 0) is 33.9 Å². The van der Waals surface area contributed by atoms with Gasteiger partial charge in [0.25, 0.3) is 5.97 Å².